The molecule has 2 aromatic rings. The second kappa shape index (κ2) is 28.2. The Labute approximate surface area is 301 Å². The molecule has 0 aliphatic heterocycles. The zero-order chi connectivity index (χ0) is 36.1. The van der Waals surface area contributed by atoms with Crippen molar-refractivity contribution < 1.29 is 38.0 Å². The fraction of sp³-hybridized carbons (Fsp3) is 0.650. The second-order valence-corrected chi connectivity index (χ2v) is 12.5. The minimum absolute atomic E-state index is 0.0860. The zero-order valence-corrected chi connectivity index (χ0v) is 31.3. The molecule has 282 valence electrons. The van der Waals surface area contributed by atoms with E-state index in [1.807, 2.05) is 62.6 Å². The number of likely N-dealkylation sites (N-methyl/N-ethyl adjacent to an activating group) is 2. The van der Waals surface area contributed by atoms with Gasteiger partial charge in [-0.15, -0.1) is 0 Å². The summed E-state index contributed by atoms with van der Waals surface area (Å²) in [6.07, 6.45) is 14.6. The van der Waals surface area contributed by atoms with Crippen molar-refractivity contribution >= 4 is 23.3 Å². The third-order valence-corrected chi connectivity index (χ3v) is 8.15. The van der Waals surface area contributed by atoms with Crippen LogP contribution in [0.3, 0.4) is 0 Å². The van der Waals surface area contributed by atoms with Gasteiger partial charge in [-0.05, 0) is 37.1 Å². The molecular weight excluding hydrogens is 636 g/mol. The van der Waals surface area contributed by atoms with Crippen molar-refractivity contribution in [1.29, 1.82) is 0 Å². The van der Waals surface area contributed by atoms with Gasteiger partial charge in [0.2, 0.25) is 0 Å². The van der Waals surface area contributed by atoms with Crippen LogP contribution in [0, 0.1) is 0 Å². The van der Waals surface area contributed by atoms with Crippen LogP contribution in [0.2, 0.25) is 0 Å². The van der Waals surface area contributed by atoms with E-state index < -0.39 is 0 Å². The highest BCUT2D eigenvalue weighted by molar-refractivity contribution is 5.77. The molecule has 0 heterocycles. The van der Waals surface area contributed by atoms with E-state index in [2.05, 4.69) is 13.8 Å². The molecule has 0 fully saturated rings. The molecule has 0 amide bonds. The van der Waals surface area contributed by atoms with E-state index in [0.717, 1.165) is 24.2 Å². The average molecular weight is 701 g/mol. The van der Waals surface area contributed by atoms with E-state index in [4.69, 9.17) is 28.4 Å². The number of esters is 2. The molecule has 0 bridgehead atoms. The largest absolute Gasteiger partial charge is 0.488 e. The number of nitrogens with zero attached hydrogens (tertiary/aromatic N) is 2. The smallest absolute Gasteiger partial charge is 0.325 e. The van der Waals surface area contributed by atoms with Crippen LogP contribution in [0.1, 0.15) is 90.9 Å². The average Bonchev–Trinajstić information content (AvgIpc) is 3.12. The molecule has 0 saturated carbocycles. The molecule has 0 aliphatic carbocycles. The molecule has 0 aromatic heterocycles. The van der Waals surface area contributed by atoms with Crippen LogP contribution < -0.4 is 19.3 Å². The van der Waals surface area contributed by atoms with Gasteiger partial charge in [0.05, 0.1) is 24.6 Å². The maximum absolute atomic E-state index is 12.5. The number of carbonyl (C=O) groups excluding carboxylic acids is 2. The third kappa shape index (κ3) is 19.6. The second-order valence-electron chi connectivity index (χ2n) is 12.5. The third-order valence-electron chi connectivity index (χ3n) is 8.15. The molecule has 0 aliphatic rings. The Morgan fingerprint density at radius 1 is 0.480 bits per heavy atom. The first kappa shape index (κ1) is 42.7. The number of anilines is 2. The van der Waals surface area contributed by atoms with Gasteiger partial charge in [0.15, 0.2) is 0 Å². The molecular formula is C40H64N2O8. The van der Waals surface area contributed by atoms with Crippen LogP contribution in [-0.4, -0.2) is 92.0 Å². The topological polar surface area (TPSA) is 96.0 Å². The fourth-order valence-corrected chi connectivity index (χ4v) is 5.34. The van der Waals surface area contributed by atoms with Crippen LogP contribution in [0.15, 0.2) is 48.5 Å². The number of benzene rings is 2. The SMILES string of the molecule is CCCCCCCCOCCOC(=O)CN(C)c1ccccc1OCCOc1ccccc1N(C)CC(=O)OCCOCCCCCCCC. The number of ether oxygens (including phenoxy) is 6. The highest BCUT2D eigenvalue weighted by Gasteiger charge is 2.15. The first-order valence-corrected chi connectivity index (χ1v) is 18.8. The van der Waals surface area contributed by atoms with E-state index in [9.17, 15) is 9.59 Å². The van der Waals surface area contributed by atoms with Gasteiger partial charge in [-0.25, -0.2) is 0 Å². The number of carbonyl (C=O) groups is 2. The van der Waals surface area contributed by atoms with Crippen molar-refractivity contribution in [3.63, 3.8) is 0 Å². The Hall–Kier alpha value is -3.50. The molecule has 0 saturated heterocycles. The van der Waals surface area contributed by atoms with Gasteiger partial charge in [-0.3, -0.25) is 9.59 Å². The fourth-order valence-electron chi connectivity index (χ4n) is 5.34. The van der Waals surface area contributed by atoms with Gasteiger partial charge in [0, 0.05) is 27.3 Å². The lowest BCUT2D eigenvalue weighted by atomic mass is 10.1. The minimum atomic E-state index is -0.324. The summed E-state index contributed by atoms with van der Waals surface area (Å²) in [5, 5.41) is 0. The summed E-state index contributed by atoms with van der Waals surface area (Å²) in [7, 11) is 3.66. The monoisotopic (exact) mass is 700 g/mol. The molecule has 2 rings (SSSR count). The Balaban J connectivity index is 1.67. The summed E-state index contributed by atoms with van der Waals surface area (Å²) in [4.78, 5) is 28.5. The number of hydrogen-bond acceptors (Lipinski definition) is 10. The Kier molecular flexibility index (Phi) is 24.1. The van der Waals surface area contributed by atoms with E-state index >= 15 is 0 Å². The molecule has 10 heteroatoms. The van der Waals surface area contributed by atoms with Crippen molar-refractivity contribution in [2.45, 2.75) is 90.9 Å². The lowest BCUT2D eigenvalue weighted by Crippen LogP contribution is -2.28. The highest BCUT2D eigenvalue weighted by Crippen LogP contribution is 2.29. The molecule has 0 radical (unpaired) electrons. The number of hydrogen-bond donors (Lipinski definition) is 0. The first-order valence-electron chi connectivity index (χ1n) is 18.8. The highest BCUT2D eigenvalue weighted by atomic mass is 16.6. The van der Waals surface area contributed by atoms with Crippen LogP contribution in [0.4, 0.5) is 11.4 Å². The summed E-state index contributed by atoms with van der Waals surface area (Å²) in [6, 6.07) is 15.1. The van der Waals surface area contributed by atoms with Crippen molar-refractivity contribution in [1.82, 2.24) is 0 Å². The standard InChI is InChI=1S/C40H64N2O8/c1-5-7-9-11-13-19-25-45-27-29-49-39(43)33-41(3)35-21-15-17-23-37(35)47-31-32-48-38-24-18-16-22-36(38)42(4)34-40(44)50-30-28-46-26-20-14-12-10-8-6-2/h15-18,21-24H,5-14,19-20,25-34H2,1-4H3. The van der Waals surface area contributed by atoms with Gasteiger partial charge in [0.25, 0.3) is 0 Å². The van der Waals surface area contributed by atoms with Gasteiger partial charge in [0.1, 0.15) is 51.0 Å². The lowest BCUT2D eigenvalue weighted by Gasteiger charge is -2.23. The Bertz CT molecular complexity index is 1070. The maximum Gasteiger partial charge on any atom is 0.325 e. The predicted molar refractivity (Wildman–Crippen MR) is 201 cm³/mol. The maximum atomic E-state index is 12.5. The van der Waals surface area contributed by atoms with Gasteiger partial charge >= 0.3 is 11.9 Å². The van der Waals surface area contributed by atoms with Gasteiger partial charge in [-0.2, -0.15) is 0 Å². The van der Waals surface area contributed by atoms with E-state index in [1.54, 1.807) is 9.80 Å². The van der Waals surface area contributed by atoms with Gasteiger partial charge in [-0.1, -0.05) is 102 Å². The Morgan fingerprint density at radius 3 is 1.28 bits per heavy atom. The normalized spacial score (nSPS) is 10.9. The predicted octanol–water partition coefficient (Wildman–Crippen LogP) is 7.86. The summed E-state index contributed by atoms with van der Waals surface area (Å²) >= 11 is 0. The molecule has 0 unspecified atom stereocenters. The van der Waals surface area contributed by atoms with E-state index in [-0.39, 0.29) is 51.5 Å². The van der Waals surface area contributed by atoms with Crippen LogP contribution in [-0.2, 0) is 28.5 Å². The van der Waals surface area contributed by atoms with Gasteiger partial charge < -0.3 is 38.2 Å². The number of unbranched alkanes of at least 4 members (excludes halogenated alkanes) is 10. The molecule has 50 heavy (non-hydrogen) atoms. The van der Waals surface area contributed by atoms with Crippen molar-refractivity contribution in [3.05, 3.63) is 48.5 Å². The summed E-state index contributed by atoms with van der Waals surface area (Å²) in [5.41, 5.74) is 1.55. The van der Waals surface area contributed by atoms with Crippen LogP contribution >= 0.6 is 0 Å². The van der Waals surface area contributed by atoms with Crippen LogP contribution in [0.25, 0.3) is 0 Å². The Morgan fingerprint density at radius 2 is 0.860 bits per heavy atom. The first-order chi connectivity index (χ1) is 24.5. The minimum Gasteiger partial charge on any atom is -0.488 e. The number of para-hydroxylation sites is 4. The van der Waals surface area contributed by atoms with Crippen molar-refractivity contribution in [2.24, 2.45) is 0 Å². The van der Waals surface area contributed by atoms with E-state index in [0.29, 0.717) is 37.9 Å². The summed E-state index contributed by atoms with van der Waals surface area (Å²) in [6.45, 7) is 7.86. The zero-order valence-electron chi connectivity index (χ0n) is 31.3. The quantitative estimate of drug-likeness (QED) is 0.0572. The molecule has 0 N–H and O–H groups in total. The molecule has 10 nitrogen and oxygen atoms in total. The molecule has 2 aromatic carbocycles. The molecule has 0 spiro atoms. The summed E-state index contributed by atoms with van der Waals surface area (Å²) in [5.74, 6) is 0.626. The van der Waals surface area contributed by atoms with E-state index in [1.165, 1.54) is 64.2 Å². The number of rotatable bonds is 31. The van der Waals surface area contributed by atoms with Crippen LogP contribution in [0.5, 0.6) is 11.5 Å². The van der Waals surface area contributed by atoms with Crippen molar-refractivity contribution in [3.8, 4) is 11.5 Å². The summed E-state index contributed by atoms with van der Waals surface area (Å²) < 4.78 is 34.1. The molecule has 0 atom stereocenters. The lowest BCUT2D eigenvalue weighted by molar-refractivity contribution is -0.144. The van der Waals surface area contributed by atoms with Crippen molar-refractivity contribution in [2.75, 3.05) is 89.8 Å².